The van der Waals surface area contributed by atoms with E-state index in [2.05, 4.69) is 20.7 Å². The predicted molar refractivity (Wildman–Crippen MR) is 62.9 cm³/mol. The Kier molecular flexibility index (Phi) is 3.89. The Labute approximate surface area is 103 Å². The van der Waals surface area contributed by atoms with Crippen LogP contribution < -0.4 is 0 Å². The first-order valence-electron chi connectivity index (χ1n) is 3.58. The van der Waals surface area contributed by atoms with Gasteiger partial charge in [0.05, 0.1) is 18.2 Å². The van der Waals surface area contributed by atoms with Crippen molar-refractivity contribution in [2.75, 3.05) is 7.11 Å². The molecule has 1 aromatic carbocycles. The van der Waals surface area contributed by atoms with Gasteiger partial charge < -0.3 is 4.74 Å². The topological polar surface area (TPSA) is 50.1 Å². The molecular formula is C9H5BrINO2. The molecule has 3 nitrogen and oxygen atoms in total. The maximum atomic E-state index is 11.2. The lowest BCUT2D eigenvalue weighted by Gasteiger charge is -2.04. The van der Waals surface area contributed by atoms with E-state index in [4.69, 9.17) is 5.26 Å². The molecule has 0 radical (unpaired) electrons. The Hall–Kier alpha value is -0.610. The number of carbonyl (C=O) groups is 1. The van der Waals surface area contributed by atoms with E-state index in [1.807, 2.05) is 28.7 Å². The Morgan fingerprint density at radius 3 is 2.79 bits per heavy atom. The molecule has 0 amide bonds. The lowest BCUT2D eigenvalue weighted by molar-refractivity contribution is 0.0599. The molecule has 1 aromatic rings. The summed E-state index contributed by atoms with van der Waals surface area (Å²) in [4.78, 5) is 11.2. The van der Waals surface area contributed by atoms with Crippen LogP contribution in [0.1, 0.15) is 15.9 Å². The molecule has 1 rings (SSSR count). The van der Waals surface area contributed by atoms with Crippen molar-refractivity contribution in [3.63, 3.8) is 0 Å². The lowest BCUT2D eigenvalue weighted by Crippen LogP contribution is -2.03. The summed E-state index contributed by atoms with van der Waals surface area (Å²) in [6.07, 6.45) is 0. The number of benzene rings is 1. The van der Waals surface area contributed by atoms with Gasteiger partial charge in [-0.3, -0.25) is 0 Å². The highest BCUT2D eigenvalue weighted by atomic mass is 127. The maximum Gasteiger partial charge on any atom is 0.339 e. The summed E-state index contributed by atoms with van der Waals surface area (Å²) in [5, 5.41) is 8.74. The molecule has 0 atom stereocenters. The zero-order chi connectivity index (χ0) is 10.7. The van der Waals surface area contributed by atoms with E-state index < -0.39 is 5.97 Å². The van der Waals surface area contributed by atoms with E-state index in [0.717, 1.165) is 0 Å². The Morgan fingerprint density at radius 2 is 2.29 bits per heavy atom. The summed E-state index contributed by atoms with van der Waals surface area (Å²) in [6.45, 7) is 0. The number of esters is 1. The molecule has 0 saturated heterocycles. The summed E-state index contributed by atoms with van der Waals surface area (Å²) in [5.41, 5.74) is 0.959. The van der Waals surface area contributed by atoms with Crippen molar-refractivity contribution in [1.82, 2.24) is 0 Å². The normalized spacial score (nSPS) is 9.29. The van der Waals surface area contributed by atoms with Crippen molar-refractivity contribution in [2.45, 2.75) is 0 Å². The minimum atomic E-state index is -0.417. The number of nitriles is 1. The maximum absolute atomic E-state index is 11.2. The van der Waals surface area contributed by atoms with Gasteiger partial charge in [0.15, 0.2) is 0 Å². The summed E-state index contributed by atoms with van der Waals surface area (Å²) < 4.78 is 5.91. The van der Waals surface area contributed by atoms with Crippen LogP contribution in [0.4, 0.5) is 0 Å². The van der Waals surface area contributed by atoms with E-state index in [-0.39, 0.29) is 0 Å². The van der Waals surface area contributed by atoms with Crippen LogP contribution in [0.25, 0.3) is 0 Å². The van der Waals surface area contributed by atoms with Gasteiger partial charge in [-0.2, -0.15) is 5.26 Å². The molecule has 0 fully saturated rings. The second-order valence-corrected chi connectivity index (χ2v) is 4.26. The second kappa shape index (κ2) is 4.75. The third kappa shape index (κ3) is 2.07. The minimum Gasteiger partial charge on any atom is -0.465 e. The van der Waals surface area contributed by atoms with Crippen LogP contribution in [0.3, 0.4) is 0 Å². The van der Waals surface area contributed by atoms with Crippen LogP contribution >= 0.6 is 38.5 Å². The first-order chi connectivity index (χ1) is 6.61. The average Bonchev–Trinajstić information content (AvgIpc) is 2.21. The first kappa shape index (κ1) is 11.5. The quantitative estimate of drug-likeness (QED) is 0.568. The number of ether oxygens (including phenoxy) is 1. The lowest BCUT2D eigenvalue weighted by atomic mass is 10.1. The molecule has 0 aliphatic carbocycles. The molecule has 0 unspecified atom stereocenters. The van der Waals surface area contributed by atoms with Crippen molar-refractivity contribution in [2.24, 2.45) is 0 Å². The molecule has 0 saturated carbocycles. The largest absolute Gasteiger partial charge is 0.465 e. The van der Waals surface area contributed by atoms with Crippen LogP contribution in [0.15, 0.2) is 16.6 Å². The number of halogens is 2. The second-order valence-electron chi connectivity index (χ2n) is 2.39. The highest BCUT2D eigenvalue weighted by Crippen LogP contribution is 2.26. The molecule has 0 heterocycles. The molecule has 14 heavy (non-hydrogen) atoms. The molecule has 72 valence electrons. The Bertz CT molecular complexity index is 426. The van der Waals surface area contributed by atoms with Crippen molar-refractivity contribution in [1.29, 1.82) is 5.26 Å². The smallest absolute Gasteiger partial charge is 0.339 e. The number of carbonyl (C=O) groups excluding carboxylic acids is 1. The van der Waals surface area contributed by atoms with E-state index in [0.29, 0.717) is 19.2 Å². The fourth-order valence-electron chi connectivity index (χ4n) is 0.903. The fraction of sp³-hybridized carbons (Fsp3) is 0.111. The highest BCUT2D eigenvalue weighted by Gasteiger charge is 2.14. The van der Waals surface area contributed by atoms with Crippen LogP contribution in [0.5, 0.6) is 0 Å². The number of methoxy groups -OCH3 is 1. The van der Waals surface area contributed by atoms with Gasteiger partial charge in [-0.15, -0.1) is 0 Å². The van der Waals surface area contributed by atoms with Gasteiger partial charge in [0.2, 0.25) is 0 Å². The SMILES string of the molecule is COC(=O)c1ccc(C#N)c(I)c1Br. The Morgan fingerprint density at radius 1 is 1.64 bits per heavy atom. The van der Waals surface area contributed by atoms with E-state index in [1.54, 1.807) is 12.1 Å². The fourth-order valence-corrected chi connectivity index (χ4v) is 2.00. The Balaban J connectivity index is 3.33. The van der Waals surface area contributed by atoms with E-state index >= 15 is 0 Å². The average molecular weight is 366 g/mol. The summed E-state index contributed by atoms with van der Waals surface area (Å²) in [7, 11) is 1.32. The minimum absolute atomic E-state index is 0.417. The van der Waals surface area contributed by atoms with Gasteiger partial charge >= 0.3 is 5.97 Å². The molecule has 0 aliphatic rings. The molecule has 0 spiro atoms. The molecule has 5 heteroatoms. The summed E-state index contributed by atoms with van der Waals surface area (Å²) >= 11 is 5.26. The first-order valence-corrected chi connectivity index (χ1v) is 5.45. The van der Waals surface area contributed by atoms with Gasteiger partial charge in [-0.25, -0.2) is 4.79 Å². The van der Waals surface area contributed by atoms with Crippen molar-refractivity contribution < 1.29 is 9.53 Å². The predicted octanol–water partition coefficient (Wildman–Crippen LogP) is 2.71. The number of hydrogen-bond donors (Lipinski definition) is 0. The number of hydrogen-bond acceptors (Lipinski definition) is 3. The third-order valence-corrected chi connectivity index (χ3v) is 4.29. The van der Waals surface area contributed by atoms with E-state index in [9.17, 15) is 4.79 Å². The van der Waals surface area contributed by atoms with Gasteiger partial charge in [0.1, 0.15) is 6.07 Å². The van der Waals surface area contributed by atoms with Crippen LogP contribution in [-0.4, -0.2) is 13.1 Å². The number of rotatable bonds is 1. The van der Waals surface area contributed by atoms with E-state index in [1.165, 1.54) is 7.11 Å². The zero-order valence-corrected chi connectivity index (χ0v) is 10.9. The number of nitrogens with zero attached hydrogens (tertiary/aromatic N) is 1. The van der Waals surface area contributed by atoms with Crippen LogP contribution in [0.2, 0.25) is 0 Å². The zero-order valence-electron chi connectivity index (χ0n) is 7.17. The molecule has 0 bridgehead atoms. The molecule has 0 aliphatic heterocycles. The van der Waals surface area contributed by atoms with Crippen molar-refractivity contribution in [3.8, 4) is 6.07 Å². The van der Waals surface area contributed by atoms with Gasteiger partial charge in [0.25, 0.3) is 0 Å². The molecule has 0 aromatic heterocycles. The van der Waals surface area contributed by atoms with Gasteiger partial charge in [0, 0.05) is 8.04 Å². The molecule has 0 N–H and O–H groups in total. The third-order valence-electron chi connectivity index (χ3n) is 1.61. The standard InChI is InChI=1S/C9H5BrINO2/c1-14-9(13)6-3-2-5(4-12)8(11)7(6)10/h2-3H,1H3. The highest BCUT2D eigenvalue weighted by molar-refractivity contribution is 14.1. The van der Waals surface area contributed by atoms with Crippen LogP contribution in [0, 0.1) is 14.9 Å². The molecular weight excluding hydrogens is 361 g/mol. The van der Waals surface area contributed by atoms with Gasteiger partial charge in [-0.1, -0.05) is 0 Å². The van der Waals surface area contributed by atoms with Crippen molar-refractivity contribution in [3.05, 3.63) is 31.3 Å². The van der Waals surface area contributed by atoms with Crippen LogP contribution in [-0.2, 0) is 4.74 Å². The van der Waals surface area contributed by atoms with Gasteiger partial charge in [-0.05, 0) is 50.7 Å². The summed E-state index contributed by atoms with van der Waals surface area (Å²) in [6, 6.07) is 5.19. The monoisotopic (exact) mass is 365 g/mol. The summed E-state index contributed by atoms with van der Waals surface area (Å²) in [5.74, 6) is -0.417. The van der Waals surface area contributed by atoms with Crippen molar-refractivity contribution >= 4 is 44.5 Å².